The van der Waals surface area contributed by atoms with E-state index in [4.69, 9.17) is 4.74 Å². The number of para-hydroxylation sites is 2. The summed E-state index contributed by atoms with van der Waals surface area (Å²) in [7, 11) is 0. The lowest BCUT2D eigenvalue weighted by Crippen LogP contribution is -2.14. The smallest absolute Gasteiger partial charge is 0.361 e. The predicted molar refractivity (Wildman–Crippen MR) is 104 cm³/mol. The van der Waals surface area contributed by atoms with Gasteiger partial charge in [0, 0.05) is 22.7 Å². The summed E-state index contributed by atoms with van der Waals surface area (Å²) in [5.41, 5.74) is 3.34. The molecule has 0 radical (unpaired) electrons. The van der Waals surface area contributed by atoms with E-state index in [1.165, 1.54) is 11.0 Å². The average molecular weight is 374 g/mol. The highest BCUT2D eigenvalue weighted by atomic mass is 16.5. The Morgan fingerprint density at radius 3 is 2.71 bits per heavy atom. The molecule has 140 valence electrons. The number of aryl methyl sites for hydroxylation is 1. The van der Waals surface area contributed by atoms with Gasteiger partial charge < -0.3 is 9.72 Å². The average Bonchev–Trinajstić information content (AvgIpc) is 3.39. The minimum atomic E-state index is -0.690. The summed E-state index contributed by atoms with van der Waals surface area (Å²) >= 11 is 0. The molecule has 0 unspecified atom stereocenters. The molecule has 0 bridgehead atoms. The standard InChI is InChI=1S/C21H18N4O3/c1-2-14-7-6-10-16-17(11-22-20(14)16)19(26)13-28-21(27)18-12-23-25(24-18)15-8-4-3-5-9-15/h3-12,22H,2,13H2,1H3. The van der Waals surface area contributed by atoms with Crippen molar-refractivity contribution in [3.8, 4) is 5.69 Å². The molecule has 0 saturated heterocycles. The maximum absolute atomic E-state index is 12.5. The summed E-state index contributed by atoms with van der Waals surface area (Å²) in [6.07, 6.45) is 3.84. The van der Waals surface area contributed by atoms with Crippen LogP contribution in [0.5, 0.6) is 0 Å². The zero-order valence-corrected chi connectivity index (χ0v) is 15.3. The molecular weight excluding hydrogens is 356 g/mol. The van der Waals surface area contributed by atoms with Gasteiger partial charge in [-0.2, -0.15) is 9.90 Å². The predicted octanol–water partition coefficient (Wildman–Crippen LogP) is 3.35. The molecule has 0 fully saturated rings. The van der Waals surface area contributed by atoms with Crippen molar-refractivity contribution in [3.05, 3.63) is 77.7 Å². The van der Waals surface area contributed by atoms with Crippen molar-refractivity contribution < 1.29 is 14.3 Å². The van der Waals surface area contributed by atoms with Gasteiger partial charge in [0.05, 0.1) is 11.9 Å². The van der Waals surface area contributed by atoms with Gasteiger partial charge in [-0.3, -0.25) is 4.79 Å². The fourth-order valence-corrected chi connectivity index (χ4v) is 3.07. The summed E-state index contributed by atoms with van der Waals surface area (Å²) in [5.74, 6) is -0.965. The van der Waals surface area contributed by atoms with Crippen LogP contribution < -0.4 is 0 Å². The molecule has 0 amide bonds. The van der Waals surface area contributed by atoms with Crippen molar-refractivity contribution in [3.63, 3.8) is 0 Å². The second-order valence-corrected chi connectivity index (χ2v) is 6.25. The molecule has 0 aliphatic heterocycles. The maximum atomic E-state index is 12.5. The lowest BCUT2D eigenvalue weighted by molar-refractivity contribution is 0.0469. The number of Topliss-reactive ketones (excluding diaryl/α,β-unsaturated/α-hetero) is 1. The number of hydrogen-bond acceptors (Lipinski definition) is 5. The number of rotatable bonds is 6. The SMILES string of the molecule is CCc1cccc2c(C(=O)COC(=O)c3cnn(-c4ccccc4)n3)c[nH]c12. The number of benzene rings is 2. The first-order valence-electron chi connectivity index (χ1n) is 8.94. The molecular formula is C21H18N4O3. The van der Waals surface area contributed by atoms with Crippen molar-refractivity contribution in [1.82, 2.24) is 20.0 Å². The van der Waals surface area contributed by atoms with Gasteiger partial charge in [0.15, 0.2) is 12.3 Å². The van der Waals surface area contributed by atoms with Crippen LogP contribution in [0.3, 0.4) is 0 Å². The Labute approximate surface area is 160 Å². The number of esters is 1. The number of carbonyl (C=O) groups excluding carboxylic acids is 2. The number of aromatic amines is 1. The van der Waals surface area contributed by atoms with Crippen LogP contribution in [-0.2, 0) is 11.2 Å². The fraction of sp³-hybridized carbons (Fsp3) is 0.143. The summed E-state index contributed by atoms with van der Waals surface area (Å²) in [4.78, 5) is 29.3. The second kappa shape index (κ2) is 7.48. The minimum Gasteiger partial charge on any atom is -0.452 e. The highest BCUT2D eigenvalue weighted by Crippen LogP contribution is 2.22. The number of ether oxygens (including phenoxy) is 1. The molecule has 0 saturated carbocycles. The second-order valence-electron chi connectivity index (χ2n) is 6.25. The van der Waals surface area contributed by atoms with Crippen LogP contribution >= 0.6 is 0 Å². The first kappa shape index (κ1) is 17.7. The Hall–Kier alpha value is -3.74. The maximum Gasteiger partial charge on any atom is 0.361 e. The van der Waals surface area contributed by atoms with E-state index >= 15 is 0 Å². The van der Waals surface area contributed by atoms with Crippen LogP contribution in [0.2, 0.25) is 0 Å². The number of nitrogens with one attached hydrogen (secondary N) is 1. The number of aromatic nitrogens is 4. The van der Waals surface area contributed by atoms with Crippen molar-refractivity contribution in [2.45, 2.75) is 13.3 Å². The molecule has 28 heavy (non-hydrogen) atoms. The Morgan fingerprint density at radius 2 is 1.93 bits per heavy atom. The zero-order chi connectivity index (χ0) is 19.5. The third-order valence-corrected chi connectivity index (χ3v) is 4.51. The normalized spacial score (nSPS) is 10.9. The van der Waals surface area contributed by atoms with Gasteiger partial charge in [0.25, 0.3) is 0 Å². The van der Waals surface area contributed by atoms with Crippen LogP contribution in [0.4, 0.5) is 0 Å². The van der Waals surface area contributed by atoms with Gasteiger partial charge in [-0.1, -0.05) is 43.3 Å². The summed E-state index contributed by atoms with van der Waals surface area (Å²) in [5, 5.41) is 9.00. The number of hydrogen-bond donors (Lipinski definition) is 1. The van der Waals surface area contributed by atoms with Crippen molar-refractivity contribution >= 4 is 22.7 Å². The fourth-order valence-electron chi connectivity index (χ4n) is 3.07. The molecule has 2 aromatic carbocycles. The monoisotopic (exact) mass is 374 g/mol. The topological polar surface area (TPSA) is 89.9 Å². The molecule has 2 aromatic heterocycles. The molecule has 4 rings (SSSR count). The molecule has 4 aromatic rings. The molecule has 0 atom stereocenters. The molecule has 7 heteroatoms. The third-order valence-electron chi connectivity index (χ3n) is 4.51. The molecule has 1 N–H and O–H groups in total. The van der Waals surface area contributed by atoms with E-state index in [9.17, 15) is 9.59 Å². The molecule has 2 heterocycles. The molecule has 0 aliphatic rings. The van der Waals surface area contributed by atoms with Gasteiger partial charge >= 0.3 is 5.97 Å². The Kier molecular flexibility index (Phi) is 4.72. The van der Waals surface area contributed by atoms with E-state index in [-0.39, 0.29) is 18.1 Å². The Morgan fingerprint density at radius 1 is 1.11 bits per heavy atom. The number of nitrogens with zero attached hydrogens (tertiary/aromatic N) is 3. The van der Waals surface area contributed by atoms with E-state index in [0.29, 0.717) is 5.56 Å². The number of ketones is 1. The molecule has 7 nitrogen and oxygen atoms in total. The van der Waals surface area contributed by atoms with Gasteiger partial charge in [0.1, 0.15) is 0 Å². The van der Waals surface area contributed by atoms with E-state index in [1.54, 1.807) is 6.20 Å². The summed E-state index contributed by atoms with van der Waals surface area (Å²) < 4.78 is 5.15. The van der Waals surface area contributed by atoms with Gasteiger partial charge in [0.2, 0.25) is 5.78 Å². The molecule has 0 aliphatic carbocycles. The van der Waals surface area contributed by atoms with E-state index in [0.717, 1.165) is 28.6 Å². The van der Waals surface area contributed by atoms with E-state index in [1.807, 2.05) is 48.5 Å². The largest absolute Gasteiger partial charge is 0.452 e. The van der Waals surface area contributed by atoms with Crippen LogP contribution in [0, 0.1) is 0 Å². The first-order chi connectivity index (χ1) is 13.7. The van der Waals surface area contributed by atoms with Crippen LogP contribution in [0.15, 0.2) is 60.9 Å². The first-order valence-corrected chi connectivity index (χ1v) is 8.94. The third kappa shape index (κ3) is 3.29. The summed E-state index contributed by atoms with van der Waals surface area (Å²) in [6.45, 7) is 1.70. The number of carbonyl (C=O) groups is 2. The van der Waals surface area contributed by atoms with Gasteiger partial charge in [-0.05, 0) is 24.1 Å². The van der Waals surface area contributed by atoms with E-state index < -0.39 is 5.97 Å². The van der Waals surface area contributed by atoms with Crippen molar-refractivity contribution in [2.24, 2.45) is 0 Å². The van der Waals surface area contributed by atoms with Crippen molar-refractivity contribution in [2.75, 3.05) is 6.61 Å². The van der Waals surface area contributed by atoms with Gasteiger partial charge in [-0.25, -0.2) is 4.79 Å². The van der Waals surface area contributed by atoms with E-state index in [2.05, 4.69) is 22.1 Å². The number of fused-ring (bicyclic) bond motifs is 1. The van der Waals surface area contributed by atoms with Crippen molar-refractivity contribution in [1.29, 1.82) is 0 Å². The summed E-state index contributed by atoms with van der Waals surface area (Å²) in [6, 6.07) is 15.0. The quantitative estimate of drug-likeness (QED) is 0.413. The minimum absolute atomic E-state index is 0.0452. The highest BCUT2D eigenvalue weighted by Gasteiger charge is 2.18. The van der Waals surface area contributed by atoms with Crippen LogP contribution in [0.25, 0.3) is 16.6 Å². The highest BCUT2D eigenvalue weighted by molar-refractivity contribution is 6.09. The van der Waals surface area contributed by atoms with Crippen LogP contribution in [-0.4, -0.2) is 38.3 Å². The zero-order valence-electron chi connectivity index (χ0n) is 15.3. The Bertz CT molecular complexity index is 1140. The molecule has 0 spiro atoms. The Balaban J connectivity index is 1.46. The lowest BCUT2D eigenvalue weighted by Gasteiger charge is -2.03. The lowest BCUT2D eigenvalue weighted by atomic mass is 10.1. The van der Waals surface area contributed by atoms with Crippen LogP contribution in [0.1, 0.15) is 33.3 Å². The number of H-pyrrole nitrogens is 1. The van der Waals surface area contributed by atoms with Gasteiger partial charge in [-0.15, -0.1) is 5.10 Å².